The van der Waals surface area contributed by atoms with Crippen molar-refractivity contribution in [2.75, 3.05) is 38.2 Å². The van der Waals surface area contributed by atoms with Crippen LogP contribution >= 0.6 is 15.9 Å². The van der Waals surface area contributed by atoms with Gasteiger partial charge in [0.15, 0.2) is 0 Å². The molecule has 1 aliphatic heterocycles. The molecule has 1 aromatic rings. The summed E-state index contributed by atoms with van der Waals surface area (Å²) >= 11 is 3.46. The van der Waals surface area contributed by atoms with Gasteiger partial charge >= 0.3 is 0 Å². The predicted octanol–water partition coefficient (Wildman–Crippen LogP) is 2.42. The van der Waals surface area contributed by atoms with E-state index in [0.29, 0.717) is 6.42 Å². The fourth-order valence-corrected chi connectivity index (χ4v) is 2.36. The van der Waals surface area contributed by atoms with Crippen molar-refractivity contribution in [1.29, 1.82) is 0 Å². The summed E-state index contributed by atoms with van der Waals surface area (Å²) in [4.78, 5) is 14.1. The van der Waals surface area contributed by atoms with Crippen molar-refractivity contribution in [3.8, 4) is 0 Å². The van der Waals surface area contributed by atoms with E-state index in [1.807, 2.05) is 25.1 Å². The number of halogens is 1. The number of hydrogen-bond acceptors (Lipinski definition) is 3. The van der Waals surface area contributed by atoms with Crippen LogP contribution < -0.4 is 5.32 Å². The van der Waals surface area contributed by atoms with Gasteiger partial charge in [-0.3, -0.25) is 9.69 Å². The molecule has 0 saturated carbocycles. The molecule has 0 spiro atoms. The van der Waals surface area contributed by atoms with Crippen LogP contribution in [0.2, 0.25) is 0 Å². The molecule has 0 atom stereocenters. The minimum absolute atomic E-state index is 0.0576. The van der Waals surface area contributed by atoms with Gasteiger partial charge in [0.1, 0.15) is 0 Å². The van der Waals surface area contributed by atoms with Gasteiger partial charge in [0.2, 0.25) is 5.91 Å². The summed E-state index contributed by atoms with van der Waals surface area (Å²) in [6.07, 6.45) is 0.519. The zero-order chi connectivity index (χ0) is 13.7. The van der Waals surface area contributed by atoms with Gasteiger partial charge in [-0.1, -0.05) is 22.0 Å². The normalized spacial score (nSPS) is 16.3. The van der Waals surface area contributed by atoms with Crippen molar-refractivity contribution in [2.45, 2.75) is 13.3 Å². The molecule has 1 heterocycles. The van der Waals surface area contributed by atoms with Crippen molar-refractivity contribution < 1.29 is 9.53 Å². The third-order valence-corrected chi connectivity index (χ3v) is 4.07. The van der Waals surface area contributed by atoms with Crippen LogP contribution in [-0.2, 0) is 9.53 Å². The summed E-state index contributed by atoms with van der Waals surface area (Å²) < 4.78 is 6.29. The minimum atomic E-state index is 0.0576. The Kier molecular flexibility index (Phi) is 5.36. The molecule has 0 aromatic heterocycles. The first-order valence-electron chi connectivity index (χ1n) is 6.51. The molecule has 2 rings (SSSR count). The van der Waals surface area contributed by atoms with Crippen molar-refractivity contribution >= 4 is 27.5 Å². The summed E-state index contributed by atoms with van der Waals surface area (Å²) in [6, 6.07) is 5.84. The highest BCUT2D eigenvalue weighted by Crippen LogP contribution is 2.20. The first-order chi connectivity index (χ1) is 9.15. The lowest BCUT2D eigenvalue weighted by Crippen LogP contribution is -2.38. The Morgan fingerprint density at radius 3 is 2.84 bits per heavy atom. The quantitative estimate of drug-likeness (QED) is 0.923. The van der Waals surface area contributed by atoms with Crippen LogP contribution in [0, 0.1) is 6.92 Å². The number of anilines is 1. The number of carbonyl (C=O) groups is 1. The van der Waals surface area contributed by atoms with Gasteiger partial charge in [0.05, 0.1) is 13.2 Å². The molecule has 1 fully saturated rings. The average Bonchev–Trinajstić information content (AvgIpc) is 2.42. The molecule has 0 bridgehead atoms. The second-order valence-electron chi connectivity index (χ2n) is 4.72. The lowest BCUT2D eigenvalue weighted by molar-refractivity contribution is -0.116. The zero-order valence-electron chi connectivity index (χ0n) is 11.1. The van der Waals surface area contributed by atoms with E-state index >= 15 is 0 Å². The van der Waals surface area contributed by atoms with Gasteiger partial charge < -0.3 is 10.1 Å². The van der Waals surface area contributed by atoms with E-state index in [2.05, 4.69) is 26.1 Å². The maximum Gasteiger partial charge on any atom is 0.225 e. The van der Waals surface area contributed by atoms with Crippen molar-refractivity contribution in [3.63, 3.8) is 0 Å². The Balaban J connectivity index is 1.78. The third kappa shape index (κ3) is 4.60. The topological polar surface area (TPSA) is 41.6 Å². The van der Waals surface area contributed by atoms with E-state index < -0.39 is 0 Å². The summed E-state index contributed by atoms with van der Waals surface area (Å²) in [5.41, 5.74) is 2.00. The van der Waals surface area contributed by atoms with E-state index in [1.165, 1.54) is 0 Å². The van der Waals surface area contributed by atoms with Crippen molar-refractivity contribution in [2.24, 2.45) is 0 Å². The van der Waals surface area contributed by atoms with E-state index in [4.69, 9.17) is 4.74 Å². The maximum absolute atomic E-state index is 11.9. The fraction of sp³-hybridized carbons (Fsp3) is 0.500. The van der Waals surface area contributed by atoms with Crippen LogP contribution in [0.25, 0.3) is 0 Å². The summed E-state index contributed by atoms with van der Waals surface area (Å²) in [7, 11) is 0. The van der Waals surface area contributed by atoms with E-state index in [1.54, 1.807) is 0 Å². The Bertz CT molecular complexity index is 445. The van der Waals surface area contributed by atoms with Gasteiger partial charge in [-0.2, -0.15) is 0 Å². The lowest BCUT2D eigenvalue weighted by Gasteiger charge is -2.26. The molecule has 5 heteroatoms. The van der Waals surface area contributed by atoms with Crippen molar-refractivity contribution in [1.82, 2.24) is 4.90 Å². The van der Waals surface area contributed by atoms with E-state index in [-0.39, 0.29) is 5.91 Å². The molecule has 1 aliphatic rings. The van der Waals surface area contributed by atoms with Crippen LogP contribution in [-0.4, -0.2) is 43.7 Å². The monoisotopic (exact) mass is 326 g/mol. The SMILES string of the molecule is Cc1ccc(NC(=O)CCN2CCOCC2)cc1Br. The second-order valence-corrected chi connectivity index (χ2v) is 5.57. The molecule has 0 radical (unpaired) electrons. The van der Waals surface area contributed by atoms with Crippen LogP contribution in [0.15, 0.2) is 22.7 Å². The van der Waals surface area contributed by atoms with Gasteiger partial charge in [-0.15, -0.1) is 0 Å². The molecule has 0 unspecified atom stereocenters. The molecule has 104 valence electrons. The number of aryl methyl sites for hydroxylation is 1. The van der Waals surface area contributed by atoms with Gasteiger partial charge in [-0.25, -0.2) is 0 Å². The summed E-state index contributed by atoms with van der Waals surface area (Å²) in [5, 5.41) is 2.92. The number of benzene rings is 1. The van der Waals surface area contributed by atoms with Crippen molar-refractivity contribution in [3.05, 3.63) is 28.2 Å². The lowest BCUT2D eigenvalue weighted by atomic mass is 10.2. The molecule has 0 aliphatic carbocycles. The number of carbonyl (C=O) groups excluding carboxylic acids is 1. The average molecular weight is 327 g/mol. The van der Waals surface area contributed by atoms with Crippen LogP contribution in [0.4, 0.5) is 5.69 Å². The molecular weight excluding hydrogens is 308 g/mol. The predicted molar refractivity (Wildman–Crippen MR) is 79.4 cm³/mol. The molecule has 4 nitrogen and oxygen atoms in total. The number of ether oxygens (including phenoxy) is 1. The highest BCUT2D eigenvalue weighted by molar-refractivity contribution is 9.10. The van der Waals surface area contributed by atoms with Crippen LogP contribution in [0.3, 0.4) is 0 Å². The Morgan fingerprint density at radius 1 is 1.42 bits per heavy atom. The van der Waals surface area contributed by atoms with Gasteiger partial charge in [0, 0.05) is 36.2 Å². The largest absolute Gasteiger partial charge is 0.379 e. The Morgan fingerprint density at radius 2 is 2.16 bits per heavy atom. The molecule has 1 aromatic carbocycles. The first-order valence-corrected chi connectivity index (χ1v) is 7.30. The fourth-order valence-electron chi connectivity index (χ4n) is 1.98. The van der Waals surface area contributed by atoms with Crippen LogP contribution in [0.1, 0.15) is 12.0 Å². The molecule has 1 N–H and O–H groups in total. The zero-order valence-corrected chi connectivity index (χ0v) is 12.7. The standard InChI is InChI=1S/C14H19BrN2O2/c1-11-2-3-12(10-13(11)15)16-14(18)4-5-17-6-8-19-9-7-17/h2-3,10H,4-9H2,1H3,(H,16,18). The molecule has 1 amide bonds. The highest BCUT2D eigenvalue weighted by Gasteiger charge is 2.12. The number of rotatable bonds is 4. The molecular formula is C14H19BrN2O2. The number of hydrogen-bond donors (Lipinski definition) is 1. The summed E-state index contributed by atoms with van der Waals surface area (Å²) in [5.74, 6) is 0.0576. The second kappa shape index (κ2) is 7.03. The Labute approximate surface area is 122 Å². The maximum atomic E-state index is 11.9. The van der Waals surface area contributed by atoms with Gasteiger partial charge in [-0.05, 0) is 24.6 Å². The molecule has 19 heavy (non-hydrogen) atoms. The van der Waals surface area contributed by atoms with Gasteiger partial charge in [0.25, 0.3) is 0 Å². The van der Waals surface area contributed by atoms with E-state index in [9.17, 15) is 4.79 Å². The number of nitrogens with zero attached hydrogens (tertiary/aromatic N) is 1. The number of amides is 1. The highest BCUT2D eigenvalue weighted by atomic mass is 79.9. The Hall–Kier alpha value is -0.910. The van der Waals surface area contributed by atoms with E-state index in [0.717, 1.165) is 48.6 Å². The molecule has 1 saturated heterocycles. The number of nitrogens with one attached hydrogen (secondary N) is 1. The third-order valence-electron chi connectivity index (χ3n) is 3.21. The number of morpholine rings is 1. The summed E-state index contributed by atoms with van der Waals surface area (Å²) in [6.45, 7) is 6.20. The van der Waals surface area contributed by atoms with Crippen LogP contribution in [0.5, 0.6) is 0 Å². The first kappa shape index (κ1) is 14.5. The minimum Gasteiger partial charge on any atom is -0.379 e. The smallest absolute Gasteiger partial charge is 0.225 e.